The van der Waals surface area contributed by atoms with Gasteiger partial charge in [-0.25, -0.2) is 4.79 Å². The summed E-state index contributed by atoms with van der Waals surface area (Å²) in [6.45, 7) is 3.73. The number of nitrogens with two attached hydrogens (primary N) is 3. The van der Waals surface area contributed by atoms with Crippen LogP contribution in [0.1, 0.15) is 38.7 Å². The van der Waals surface area contributed by atoms with Crippen molar-refractivity contribution in [3.8, 4) is 0 Å². The van der Waals surface area contributed by atoms with Gasteiger partial charge in [-0.1, -0.05) is 38.5 Å². The van der Waals surface area contributed by atoms with E-state index in [1.807, 2.05) is 31.2 Å². The first-order valence-corrected chi connectivity index (χ1v) is 13.7. The third-order valence-electron chi connectivity index (χ3n) is 6.62. The lowest BCUT2D eigenvalue weighted by Crippen LogP contribution is -2.58. The largest absolute Gasteiger partial charge is 0.480 e. The number of fused-ring (bicyclic) bond motifs is 1. The second kappa shape index (κ2) is 15.7. The van der Waals surface area contributed by atoms with Crippen molar-refractivity contribution in [2.75, 3.05) is 12.3 Å². The molecular formula is C26H40N8O5S. The monoisotopic (exact) mass is 576 g/mol. The molecule has 220 valence electrons. The highest BCUT2D eigenvalue weighted by molar-refractivity contribution is 7.80. The first-order valence-electron chi connectivity index (χ1n) is 13.1. The van der Waals surface area contributed by atoms with Gasteiger partial charge < -0.3 is 43.2 Å². The minimum absolute atomic E-state index is 0.0981. The van der Waals surface area contributed by atoms with Crippen molar-refractivity contribution >= 4 is 53.2 Å². The fourth-order valence-corrected chi connectivity index (χ4v) is 4.34. The third kappa shape index (κ3) is 9.45. The van der Waals surface area contributed by atoms with Crippen molar-refractivity contribution < 1.29 is 24.3 Å². The van der Waals surface area contributed by atoms with Gasteiger partial charge in [-0.3, -0.25) is 19.4 Å². The molecule has 0 aliphatic heterocycles. The summed E-state index contributed by atoms with van der Waals surface area (Å²) < 4.78 is 0. The van der Waals surface area contributed by atoms with Crippen LogP contribution in [-0.2, 0) is 25.6 Å². The zero-order chi connectivity index (χ0) is 29.8. The number of hydrogen-bond acceptors (Lipinski definition) is 7. The minimum atomic E-state index is -1.18. The van der Waals surface area contributed by atoms with E-state index in [9.17, 15) is 24.3 Å². The van der Waals surface area contributed by atoms with Gasteiger partial charge in [-0.2, -0.15) is 12.6 Å². The lowest BCUT2D eigenvalue weighted by Gasteiger charge is -2.26. The molecule has 0 saturated carbocycles. The molecule has 1 heterocycles. The van der Waals surface area contributed by atoms with Gasteiger partial charge in [0.1, 0.15) is 18.1 Å². The number of guanidine groups is 1. The van der Waals surface area contributed by atoms with E-state index in [1.165, 1.54) is 0 Å². The standard InChI is InChI=1S/C26H40N8O5S/c1-3-14(2)21(25(38)39)34-24(37)20(13-40)33-23(36)19(9-6-10-30-26(28)29)32-22(35)17(27)11-15-12-31-18-8-5-4-7-16(15)18/h4-5,7-8,12,14,17,19-21,31,40H,3,6,9-11,13,27H2,1-2H3,(H,32,35)(H,33,36)(H,34,37)(H,38,39)(H4,28,29,30). The normalized spacial score (nSPS) is 14.8. The molecule has 3 amide bonds. The number of aromatic nitrogens is 1. The van der Waals surface area contributed by atoms with Crippen LogP contribution in [0.4, 0.5) is 0 Å². The van der Waals surface area contributed by atoms with Crippen molar-refractivity contribution in [2.45, 2.75) is 63.7 Å². The molecule has 1 aromatic heterocycles. The highest BCUT2D eigenvalue weighted by atomic mass is 32.1. The quantitative estimate of drug-likeness (QED) is 0.0551. The third-order valence-corrected chi connectivity index (χ3v) is 6.99. The number of para-hydroxylation sites is 1. The van der Waals surface area contributed by atoms with Crippen LogP contribution in [0.5, 0.6) is 0 Å². The zero-order valence-corrected chi connectivity index (χ0v) is 23.6. The molecule has 11 N–H and O–H groups in total. The Bertz CT molecular complexity index is 1200. The average molecular weight is 577 g/mol. The summed E-state index contributed by atoms with van der Waals surface area (Å²) in [4.78, 5) is 57.7. The first kappa shape index (κ1) is 32.4. The molecule has 0 aliphatic carbocycles. The summed E-state index contributed by atoms with van der Waals surface area (Å²) in [6.07, 6.45) is 3.04. The smallest absolute Gasteiger partial charge is 0.326 e. The van der Waals surface area contributed by atoms with E-state index in [0.717, 1.165) is 16.5 Å². The summed E-state index contributed by atoms with van der Waals surface area (Å²) in [5.74, 6) is -3.62. The molecule has 0 spiro atoms. The summed E-state index contributed by atoms with van der Waals surface area (Å²) in [7, 11) is 0. The van der Waals surface area contributed by atoms with Crippen LogP contribution in [-0.4, -0.2) is 76.2 Å². The van der Waals surface area contributed by atoms with Crippen molar-refractivity contribution in [3.63, 3.8) is 0 Å². The number of aromatic amines is 1. The van der Waals surface area contributed by atoms with Crippen molar-refractivity contribution in [2.24, 2.45) is 28.1 Å². The van der Waals surface area contributed by atoms with Gasteiger partial charge >= 0.3 is 5.97 Å². The van der Waals surface area contributed by atoms with Gasteiger partial charge in [0.2, 0.25) is 17.7 Å². The maximum Gasteiger partial charge on any atom is 0.326 e. The van der Waals surface area contributed by atoms with Crippen LogP contribution >= 0.6 is 12.6 Å². The topological polar surface area (TPSA) is 231 Å². The highest BCUT2D eigenvalue weighted by Crippen LogP contribution is 2.19. The van der Waals surface area contributed by atoms with Crippen LogP contribution in [0.2, 0.25) is 0 Å². The number of carbonyl (C=O) groups is 4. The summed E-state index contributed by atoms with van der Waals surface area (Å²) >= 11 is 4.16. The molecular weight excluding hydrogens is 536 g/mol. The SMILES string of the molecule is CCC(C)C(NC(=O)C(CS)NC(=O)C(CCCN=C(N)N)NC(=O)C(N)Cc1c[nH]c2ccccc12)C(=O)O. The molecule has 1 aromatic carbocycles. The second-order valence-electron chi connectivity index (χ2n) is 9.63. The number of nitrogens with one attached hydrogen (secondary N) is 4. The van der Waals surface area contributed by atoms with E-state index in [0.29, 0.717) is 12.8 Å². The first-order chi connectivity index (χ1) is 19.0. The van der Waals surface area contributed by atoms with Crippen LogP contribution in [0.25, 0.3) is 10.9 Å². The molecule has 13 nitrogen and oxygen atoms in total. The van der Waals surface area contributed by atoms with Gasteiger partial charge in [-0.05, 0) is 36.8 Å². The van der Waals surface area contributed by atoms with E-state index in [1.54, 1.807) is 13.1 Å². The number of carboxylic acids is 1. The van der Waals surface area contributed by atoms with E-state index in [4.69, 9.17) is 17.2 Å². The molecule has 5 unspecified atom stereocenters. The van der Waals surface area contributed by atoms with Gasteiger partial charge in [0, 0.05) is 29.4 Å². The Morgan fingerprint density at radius 3 is 2.33 bits per heavy atom. The lowest BCUT2D eigenvalue weighted by molar-refractivity contribution is -0.143. The molecule has 40 heavy (non-hydrogen) atoms. The summed E-state index contributed by atoms with van der Waals surface area (Å²) in [5.41, 5.74) is 18.7. The predicted molar refractivity (Wildman–Crippen MR) is 157 cm³/mol. The molecule has 0 saturated heterocycles. The van der Waals surface area contributed by atoms with E-state index in [2.05, 4.69) is 38.6 Å². The van der Waals surface area contributed by atoms with Gasteiger partial charge in [0.15, 0.2) is 5.96 Å². The van der Waals surface area contributed by atoms with Crippen LogP contribution < -0.4 is 33.2 Å². The number of hydrogen-bond donors (Lipinski definition) is 9. The highest BCUT2D eigenvalue weighted by Gasteiger charge is 2.31. The number of aliphatic carboxylic acids is 1. The Hall–Kier alpha value is -3.78. The predicted octanol–water partition coefficient (Wildman–Crippen LogP) is -0.394. The Balaban J connectivity index is 2.12. The Morgan fingerprint density at radius 1 is 1.05 bits per heavy atom. The number of carbonyl (C=O) groups excluding carboxylic acids is 3. The van der Waals surface area contributed by atoms with Gasteiger partial charge in [0.25, 0.3) is 0 Å². The number of benzene rings is 1. The zero-order valence-electron chi connectivity index (χ0n) is 22.7. The van der Waals surface area contributed by atoms with Crippen molar-refractivity contribution in [3.05, 3.63) is 36.0 Å². The fraction of sp³-hybridized carbons (Fsp3) is 0.500. The molecule has 5 atom stereocenters. The number of aliphatic imine (C=N–C) groups is 1. The molecule has 0 aliphatic rings. The number of H-pyrrole nitrogens is 1. The van der Waals surface area contributed by atoms with Crippen molar-refractivity contribution in [1.82, 2.24) is 20.9 Å². The van der Waals surface area contributed by atoms with Gasteiger partial charge in [0.05, 0.1) is 6.04 Å². The summed E-state index contributed by atoms with van der Waals surface area (Å²) in [5, 5.41) is 18.1. The van der Waals surface area contributed by atoms with Crippen LogP contribution in [0.3, 0.4) is 0 Å². The summed E-state index contributed by atoms with van der Waals surface area (Å²) in [6, 6.07) is 3.33. The Morgan fingerprint density at radius 2 is 1.70 bits per heavy atom. The Labute approximate surface area is 238 Å². The van der Waals surface area contributed by atoms with E-state index in [-0.39, 0.29) is 37.0 Å². The fourth-order valence-electron chi connectivity index (χ4n) is 4.08. The van der Waals surface area contributed by atoms with E-state index < -0.39 is 47.9 Å². The number of carboxylic acid groups (broad SMARTS) is 1. The number of thiol groups is 1. The van der Waals surface area contributed by atoms with E-state index >= 15 is 0 Å². The molecule has 0 fully saturated rings. The Kier molecular flexibility index (Phi) is 12.7. The van der Waals surface area contributed by atoms with Gasteiger partial charge in [-0.15, -0.1) is 0 Å². The molecule has 0 bridgehead atoms. The van der Waals surface area contributed by atoms with Crippen LogP contribution in [0, 0.1) is 5.92 Å². The molecule has 14 heteroatoms. The number of rotatable bonds is 16. The minimum Gasteiger partial charge on any atom is -0.480 e. The van der Waals surface area contributed by atoms with Crippen LogP contribution in [0.15, 0.2) is 35.5 Å². The lowest BCUT2D eigenvalue weighted by atomic mass is 9.99. The maximum absolute atomic E-state index is 13.2. The molecule has 0 radical (unpaired) electrons. The number of amides is 3. The van der Waals surface area contributed by atoms with Crippen molar-refractivity contribution in [1.29, 1.82) is 0 Å². The number of nitrogens with zero attached hydrogens (tertiary/aromatic N) is 1. The average Bonchev–Trinajstić information content (AvgIpc) is 3.33. The second-order valence-corrected chi connectivity index (χ2v) is 10.00. The molecule has 2 rings (SSSR count). The maximum atomic E-state index is 13.2. The molecule has 2 aromatic rings.